The molecule has 14 heavy (non-hydrogen) atoms. The van der Waals surface area contributed by atoms with Gasteiger partial charge in [0.1, 0.15) is 0 Å². The third kappa shape index (κ3) is 2.69. The molecule has 0 heterocycles. The summed E-state index contributed by atoms with van der Waals surface area (Å²) in [5.41, 5.74) is -1.29. The molecule has 1 aliphatic carbocycles. The van der Waals surface area contributed by atoms with E-state index in [1.807, 2.05) is 0 Å². The first-order valence-electron chi connectivity index (χ1n) is 5.06. The van der Waals surface area contributed by atoms with E-state index in [-0.39, 0.29) is 12.3 Å². The lowest BCUT2D eigenvalue weighted by molar-refractivity contribution is -0.148. The van der Waals surface area contributed by atoms with E-state index in [4.69, 9.17) is 5.11 Å². The van der Waals surface area contributed by atoms with Gasteiger partial charge in [-0.05, 0) is 19.8 Å². The maximum absolute atomic E-state index is 10.5. The summed E-state index contributed by atoms with van der Waals surface area (Å²) in [6.07, 6.45) is 2.44. The Hall–Kier alpha value is -0.610. The summed E-state index contributed by atoms with van der Waals surface area (Å²) in [5.74, 6) is -1.32. The molecule has 82 valence electrons. The Bertz CT molecular complexity index is 212. The first-order valence-corrected chi connectivity index (χ1v) is 5.06. The third-order valence-electron chi connectivity index (χ3n) is 3.04. The monoisotopic (exact) mass is 202 g/mol. The van der Waals surface area contributed by atoms with E-state index in [1.54, 1.807) is 0 Å². The molecule has 4 heteroatoms. The minimum atomic E-state index is -1.29. The summed E-state index contributed by atoms with van der Waals surface area (Å²) in [4.78, 5) is 10.5. The fourth-order valence-electron chi connectivity index (χ4n) is 2.27. The fourth-order valence-corrected chi connectivity index (χ4v) is 2.27. The molecule has 0 aromatic rings. The van der Waals surface area contributed by atoms with Crippen LogP contribution in [0.2, 0.25) is 0 Å². The normalized spacial score (nSPS) is 32.2. The van der Waals surface area contributed by atoms with E-state index in [1.165, 1.54) is 6.92 Å². The number of carbonyl (C=O) groups is 1. The largest absolute Gasteiger partial charge is 0.481 e. The number of rotatable bonds is 3. The van der Waals surface area contributed by atoms with Crippen molar-refractivity contribution in [2.45, 2.75) is 50.7 Å². The number of carboxylic acid groups (broad SMARTS) is 1. The second-order valence-corrected chi connectivity index (χ2v) is 4.39. The van der Waals surface area contributed by atoms with Gasteiger partial charge in [0.05, 0.1) is 18.1 Å². The van der Waals surface area contributed by atoms with Crippen LogP contribution in [0, 0.1) is 5.92 Å². The fraction of sp³-hybridized carbons (Fsp3) is 0.900. The Kier molecular flexibility index (Phi) is 3.50. The van der Waals surface area contributed by atoms with Crippen LogP contribution in [0.5, 0.6) is 0 Å². The van der Waals surface area contributed by atoms with Crippen LogP contribution in [0.25, 0.3) is 0 Å². The van der Waals surface area contributed by atoms with Gasteiger partial charge in [0.2, 0.25) is 0 Å². The number of carboxylic acids is 1. The van der Waals surface area contributed by atoms with Gasteiger partial charge in [0, 0.05) is 5.92 Å². The first kappa shape index (κ1) is 11.5. The third-order valence-corrected chi connectivity index (χ3v) is 3.04. The van der Waals surface area contributed by atoms with E-state index >= 15 is 0 Å². The molecular weight excluding hydrogens is 184 g/mol. The summed E-state index contributed by atoms with van der Waals surface area (Å²) in [7, 11) is 0. The molecule has 0 aliphatic heterocycles. The Balaban J connectivity index is 2.63. The summed E-state index contributed by atoms with van der Waals surface area (Å²) >= 11 is 0. The predicted octanol–water partition coefficient (Wildman–Crippen LogP) is 0.763. The van der Waals surface area contributed by atoms with Crippen molar-refractivity contribution in [1.29, 1.82) is 0 Å². The summed E-state index contributed by atoms with van der Waals surface area (Å²) in [5, 5.41) is 28.2. The Morgan fingerprint density at radius 3 is 2.50 bits per heavy atom. The molecule has 0 saturated heterocycles. The van der Waals surface area contributed by atoms with Crippen LogP contribution in [0.1, 0.15) is 39.0 Å². The lowest BCUT2D eigenvalue weighted by Gasteiger charge is -2.38. The molecule has 1 fully saturated rings. The molecule has 0 spiro atoms. The van der Waals surface area contributed by atoms with Crippen molar-refractivity contribution in [1.82, 2.24) is 0 Å². The van der Waals surface area contributed by atoms with Gasteiger partial charge in [-0.1, -0.05) is 12.8 Å². The summed E-state index contributed by atoms with van der Waals surface area (Å²) < 4.78 is 0. The molecular formula is C10H18O4. The quantitative estimate of drug-likeness (QED) is 0.631. The van der Waals surface area contributed by atoms with Crippen molar-refractivity contribution in [3.05, 3.63) is 0 Å². The molecule has 0 radical (unpaired) electrons. The molecule has 4 nitrogen and oxygen atoms in total. The van der Waals surface area contributed by atoms with Gasteiger partial charge in [0.25, 0.3) is 0 Å². The number of hydrogen-bond acceptors (Lipinski definition) is 3. The highest BCUT2D eigenvalue weighted by Crippen LogP contribution is 2.34. The molecule has 1 aliphatic rings. The van der Waals surface area contributed by atoms with Crippen molar-refractivity contribution in [3.63, 3.8) is 0 Å². The maximum atomic E-state index is 10.5. The van der Waals surface area contributed by atoms with Crippen LogP contribution < -0.4 is 0 Å². The van der Waals surface area contributed by atoms with E-state index in [0.29, 0.717) is 12.8 Å². The van der Waals surface area contributed by atoms with E-state index in [2.05, 4.69) is 0 Å². The predicted molar refractivity (Wildman–Crippen MR) is 50.8 cm³/mol. The molecule has 1 unspecified atom stereocenters. The molecule has 3 atom stereocenters. The molecule has 0 aromatic carbocycles. The minimum Gasteiger partial charge on any atom is -0.481 e. The second kappa shape index (κ2) is 4.28. The van der Waals surface area contributed by atoms with E-state index in [0.717, 1.165) is 12.8 Å². The molecule has 1 rings (SSSR count). The van der Waals surface area contributed by atoms with Crippen LogP contribution in [0.4, 0.5) is 0 Å². The second-order valence-electron chi connectivity index (χ2n) is 4.39. The Morgan fingerprint density at radius 2 is 2.00 bits per heavy atom. The zero-order chi connectivity index (χ0) is 10.8. The van der Waals surface area contributed by atoms with Crippen molar-refractivity contribution in [2.75, 3.05) is 0 Å². The zero-order valence-electron chi connectivity index (χ0n) is 8.44. The average Bonchev–Trinajstić information content (AvgIpc) is 2.02. The SMILES string of the molecule is CC(O)(CC(=O)O)[C@@H]1CCCC[C@@H]1O. The standard InChI is InChI=1S/C10H18O4/c1-10(14,6-9(12)13)7-4-2-3-5-8(7)11/h7-8,11,14H,2-6H2,1H3,(H,12,13)/t7-,8+,10?/m1/s1. The van der Waals surface area contributed by atoms with E-state index in [9.17, 15) is 15.0 Å². The van der Waals surface area contributed by atoms with Crippen molar-refractivity contribution in [3.8, 4) is 0 Å². The molecule has 0 aromatic heterocycles. The van der Waals surface area contributed by atoms with Gasteiger partial charge in [-0.15, -0.1) is 0 Å². The van der Waals surface area contributed by atoms with Gasteiger partial charge in [-0.3, -0.25) is 4.79 Å². The van der Waals surface area contributed by atoms with Gasteiger partial charge < -0.3 is 15.3 Å². The Labute approximate surface area is 83.6 Å². The zero-order valence-corrected chi connectivity index (χ0v) is 8.44. The first-order chi connectivity index (χ1) is 6.43. The van der Waals surface area contributed by atoms with Gasteiger partial charge in [0.15, 0.2) is 0 Å². The summed E-state index contributed by atoms with van der Waals surface area (Å²) in [6.45, 7) is 1.50. The molecule has 0 bridgehead atoms. The minimum absolute atomic E-state index is 0.297. The maximum Gasteiger partial charge on any atom is 0.306 e. The smallest absolute Gasteiger partial charge is 0.306 e. The van der Waals surface area contributed by atoms with Gasteiger partial charge in [-0.25, -0.2) is 0 Å². The van der Waals surface area contributed by atoms with Crippen LogP contribution in [0.15, 0.2) is 0 Å². The Morgan fingerprint density at radius 1 is 1.43 bits per heavy atom. The highest BCUT2D eigenvalue weighted by atomic mass is 16.4. The van der Waals surface area contributed by atoms with Crippen molar-refractivity contribution in [2.24, 2.45) is 5.92 Å². The van der Waals surface area contributed by atoms with Crippen LogP contribution in [-0.4, -0.2) is 33.0 Å². The van der Waals surface area contributed by atoms with Crippen LogP contribution in [0.3, 0.4) is 0 Å². The van der Waals surface area contributed by atoms with Crippen LogP contribution in [-0.2, 0) is 4.79 Å². The van der Waals surface area contributed by atoms with Gasteiger partial charge in [-0.2, -0.15) is 0 Å². The molecule has 0 amide bonds. The van der Waals surface area contributed by atoms with Gasteiger partial charge >= 0.3 is 5.97 Å². The van der Waals surface area contributed by atoms with Crippen molar-refractivity contribution < 1.29 is 20.1 Å². The van der Waals surface area contributed by atoms with Crippen LogP contribution >= 0.6 is 0 Å². The summed E-state index contributed by atoms with van der Waals surface area (Å²) in [6, 6.07) is 0. The number of aliphatic hydroxyl groups excluding tert-OH is 1. The molecule has 1 saturated carbocycles. The van der Waals surface area contributed by atoms with Crippen molar-refractivity contribution >= 4 is 5.97 Å². The number of hydrogen-bond donors (Lipinski definition) is 3. The number of aliphatic carboxylic acids is 1. The number of aliphatic hydroxyl groups is 2. The lowest BCUT2D eigenvalue weighted by Crippen LogP contribution is -2.44. The highest BCUT2D eigenvalue weighted by Gasteiger charge is 2.39. The molecule has 3 N–H and O–H groups in total. The highest BCUT2D eigenvalue weighted by molar-refractivity contribution is 5.68. The average molecular weight is 202 g/mol. The van der Waals surface area contributed by atoms with E-state index < -0.39 is 17.7 Å². The lowest BCUT2D eigenvalue weighted by atomic mass is 9.74. The topological polar surface area (TPSA) is 77.8 Å².